The summed E-state index contributed by atoms with van der Waals surface area (Å²) in [4.78, 5) is 14.1. The SMILES string of the molecule is Cl.O=[N+]([O-])c1ccc(OCC2=NCCN2)cc1. The molecule has 0 aromatic heterocycles. The van der Waals surface area contributed by atoms with Gasteiger partial charge in [0.2, 0.25) is 0 Å². The largest absolute Gasteiger partial charge is 0.486 e. The highest BCUT2D eigenvalue weighted by Crippen LogP contribution is 2.17. The van der Waals surface area contributed by atoms with Crippen LogP contribution >= 0.6 is 12.4 Å². The molecule has 0 unspecified atom stereocenters. The molecule has 1 N–H and O–H groups in total. The van der Waals surface area contributed by atoms with Gasteiger partial charge in [0.05, 0.1) is 11.5 Å². The lowest BCUT2D eigenvalue weighted by atomic mass is 10.3. The summed E-state index contributed by atoms with van der Waals surface area (Å²) in [5.41, 5.74) is 0.0590. The second-order valence-corrected chi connectivity index (χ2v) is 3.29. The molecule has 0 fully saturated rings. The maximum Gasteiger partial charge on any atom is 0.269 e. The van der Waals surface area contributed by atoms with Gasteiger partial charge in [0.25, 0.3) is 5.69 Å². The maximum atomic E-state index is 10.4. The molecule has 1 aromatic carbocycles. The lowest BCUT2D eigenvalue weighted by Crippen LogP contribution is -2.24. The summed E-state index contributed by atoms with van der Waals surface area (Å²) >= 11 is 0. The Labute approximate surface area is 104 Å². The van der Waals surface area contributed by atoms with E-state index in [0.717, 1.165) is 18.9 Å². The van der Waals surface area contributed by atoms with Crippen LogP contribution < -0.4 is 10.1 Å². The fourth-order valence-electron chi connectivity index (χ4n) is 1.36. The van der Waals surface area contributed by atoms with Crippen molar-refractivity contribution in [1.29, 1.82) is 0 Å². The lowest BCUT2D eigenvalue weighted by Gasteiger charge is -2.05. The Balaban J connectivity index is 0.00000144. The van der Waals surface area contributed by atoms with Crippen molar-refractivity contribution >= 4 is 23.9 Å². The monoisotopic (exact) mass is 257 g/mol. The number of hydrogen-bond acceptors (Lipinski definition) is 5. The fourth-order valence-corrected chi connectivity index (χ4v) is 1.36. The normalized spacial score (nSPS) is 13.3. The first-order valence-electron chi connectivity index (χ1n) is 4.90. The summed E-state index contributed by atoms with van der Waals surface area (Å²) in [5, 5.41) is 13.5. The van der Waals surface area contributed by atoms with Crippen LogP contribution in [0.2, 0.25) is 0 Å². The summed E-state index contributed by atoms with van der Waals surface area (Å²) in [6, 6.07) is 5.99. The van der Waals surface area contributed by atoms with Gasteiger partial charge < -0.3 is 10.1 Å². The third-order valence-corrected chi connectivity index (χ3v) is 2.17. The molecule has 7 heteroatoms. The molecule has 0 atom stereocenters. The highest BCUT2D eigenvalue weighted by Gasteiger charge is 2.07. The number of nitro benzene ring substituents is 1. The highest BCUT2D eigenvalue weighted by atomic mass is 35.5. The van der Waals surface area contributed by atoms with Crippen LogP contribution in [0.25, 0.3) is 0 Å². The minimum absolute atomic E-state index is 0. The van der Waals surface area contributed by atoms with E-state index in [1.54, 1.807) is 12.1 Å². The fraction of sp³-hybridized carbons (Fsp3) is 0.300. The van der Waals surface area contributed by atoms with E-state index in [2.05, 4.69) is 10.3 Å². The Kier molecular flexibility index (Phi) is 4.71. The molecule has 6 nitrogen and oxygen atoms in total. The molecule has 0 radical (unpaired) electrons. The Morgan fingerprint density at radius 1 is 1.41 bits per heavy atom. The zero-order valence-corrected chi connectivity index (χ0v) is 9.77. The van der Waals surface area contributed by atoms with Crippen LogP contribution in [0.5, 0.6) is 5.75 Å². The van der Waals surface area contributed by atoms with Gasteiger partial charge in [-0.2, -0.15) is 0 Å². The van der Waals surface area contributed by atoms with Gasteiger partial charge >= 0.3 is 0 Å². The predicted molar refractivity (Wildman–Crippen MR) is 66.1 cm³/mol. The molecular formula is C10H12ClN3O3. The third-order valence-electron chi connectivity index (χ3n) is 2.17. The van der Waals surface area contributed by atoms with Gasteiger partial charge in [-0.15, -0.1) is 12.4 Å². The van der Waals surface area contributed by atoms with E-state index in [4.69, 9.17) is 4.74 Å². The molecule has 0 amide bonds. The summed E-state index contributed by atoms with van der Waals surface area (Å²) < 4.78 is 5.41. The van der Waals surface area contributed by atoms with Gasteiger partial charge in [-0.1, -0.05) is 0 Å². The molecule has 2 rings (SSSR count). The van der Waals surface area contributed by atoms with Gasteiger partial charge in [-0.25, -0.2) is 0 Å². The van der Waals surface area contributed by atoms with Gasteiger partial charge in [-0.05, 0) is 12.1 Å². The van der Waals surface area contributed by atoms with E-state index in [9.17, 15) is 10.1 Å². The predicted octanol–water partition coefficient (Wildman–Crippen LogP) is 1.40. The maximum absolute atomic E-state index is 10.4. The second kappa shape index (κ2) is 6.05. The van der Waals surface area contributed by atoms with Gasteiger partial charge in [0.1, 0.15) is 18.2 Å². The lowest BCUT2D eigenvalue weighted by molar-refractivity contribution is -0.384. The highest BCUT2D eigenvalue weighted by molar-refractivity contribution is 5.85. The van der Waals surface area contributed by atoms with E-state index in [0.29, 0.717) is 12.4 Å². The van der Waals surface area contributed by atoms with Crippen LogP contribution in [-0.2, 0) is 0 Å². The van der Waals surface area contributed by atoms with Crippen molar-refractivity contribution in [2.75, 3.05) is 19.7 Å². The first kappa shape index (κ1) is 13.2. The van der Waals surface area contributed by atoms with Crippen molar-refractivity contribution in [3.63, 3.8) is 0 Å². The van der Waals surface area contributed by atoms with E-state index in [1.165, 1.54) is 12.1 Å². The van der Waals surface area contributed by atoms with Crippen molar-refractivity contribution in [3.05, 3.63) is 34.4 Å². The van der Waals surface area contributed by atoms with Crippen molar-refractivity contribution in [3.8, 4) is 5.75 Å². The first-order chi connectivity index (χ1) is 7.75. The Morgan fingerprint density at radius 2 is 2.12 bits per heavy atom. The topological polar surface area (TPSA) is 76.8 Å². The molecule has 0 saturated heterocycles. The molecule has 0 bridgehead atoms. The number of non-ortho nitro benzene ring substituents is 1. The summed E-state index contributed by atoms with van der Waals surface area (Å²) in [7, 11) is 0. The summed E-state index contributed by atoms with van der Waals surface area (Å²) in [6.45, 7) is 2.00. The molecule has 0 aliphatic carbocycles. The Hall–Kier alpha value is -1.82. The number of halogens is 1. The van der Waals surface area contributed by atoms with Gasteiger partial charge in [0.15, 0.2) is 0 Å². The number of aliphatic imine (C=N–C) groups is 1. The number of nitro groups is 1. The van der Waals surface area contributed by atoms with Crippen LogP contribution in [0.15, 0.2) is 29.3 Å². The van der Waals surface area contributed by atoms with E-state index in [-0.39, 0.29) is 18.1 Å². The molecular weight excluding hydrogens is 246 g/mol. The van der Waals surface area contributed by atoms with E-state index < -0.39 is 4.92 Å². The number of ether oxygens (including phenoxy) is 1. The molecule has 1 aromatic rings. The number of amidine groups is 1. The first-order valence-corrected chi connectivity index (χ1v) is 4.90. The minimum Gasteiger partial charge on any atom is -0.486 e. The van der Waals surface area contributed by atoms with Gasteiger partial charge in [0, 0.05) is 18.7 Å². The molecule has 1 aliphatic heterocycles. The molecule has 1 heterocycles. The van der Waals surface area contributed by atoms with Crippen LogP contribution in [0.1, 0.15) is 0 Å². The quantitative estimate of drug-likeness (QED) is 0.653. The third kappa shape index (κ3) is 3.60. The number of hydrogen-bond donors (Lipinski definition) is 1. The van der Waals surface area contributed by atoms with Crippen LogP contribution in [-0.4, -0.2) is 30.5 Å². The van der Waals surface area contributed by atoms with E-state index in [1.807, 2.05) is 0 Å². The average Bonchev–Trinajstić information content (AvgIpc) is 2.80. The van der Waals surface area contributed by atoms with Crippen molar-refractivity contribution in [2.45, 2.75) is 0 Å². The number of benzene rings is 1. The molecule has 17 heavy (non-hydrogen) atoms. The minimum atomic E-state index is -0.438. The van der Waals surface area contributed by atoms with Crippen LogP contribution in [0.4, 0.5) is 5.69 Å². The van der Waals surface area contributed by atoms with Crippen molar-refractivity contribution in [1.82, 2.24) is 5.32 Å². The zero-order chi connectivity index (χ0) is 11.4. The summed E-state index contributed by atoms with van der Waals surface area (Å²) in [6.07, 6.45) is 0. The number of nitrogens with one attached hydrogen (secondary N) is 1. The standard InChI is InChI=1S/C10H11N3O3.ClH/c14-13(15)8-1-3-9(4-2-8)16-7-10-11-5-6-12-10;/h1-4H,5-7H2,(H,11,12);1H. The average molecular weight is 258 g/mol. The molecule has 0 saturated carbocycles. The van der Waals surface area contributed by atoms with E-state index >= 15 is 0 Å². The Morgan fingerprint density at radius 3 is 2.65 bits per heavy atom. The number of nitrogens with zero attached hydrogens (tertiary/aromatic N) is 2. The number of rotatable bonds is 4. The van der Waals surface area contributed by atoms with Crippen LogP contribution in [0.3, 0.4) is 0 Å². The summed E-state index contributed by atoms with van der Waals surface area (Å²) in [5.74, 6) is 1.42. The zero-order valence-electron chi connectivity index (χ0n) is 8.96. The second-order valence-electron chi connectivity index (χ2n) is 3.29. The Bertz CT molecular complexity index is 419. The van der Waals surface area contributed by atoms with Crippen LogP contribution in [0, 0.1) is 10.1 Å². The molecule has 1 aliphatic rings. The molecule has 92 valence electrons. The van der Waals surface area contributed by atoms with Crippen molar-refractivity contribution < 1.29 is 9.66 Å². The van der Waals surface area contributed by atoms with Crippen molar-refractivity contribution in [2.24, 2.45) is 4.99 Å². The molecule has 0 spiro atoms. The van der Waals surface area contributed by atoms with Gasteiger partial charge in [-0.3, -0.25) is 15.1 Å². The smallest absolute Gasteiger partial charge is 0.269 e.